The maximum absolute atomic E-state index is 12.9. The minimum atomic E-state index is 0.0671. The zero-order valence-corrected chi connectivity index (χ0v) is 19.1. The van der Waals surface area contributed by atoms with Crippen LogP contribution >= 0.6 is 23.1 Å². The molecule has 1 aromatic heterocycles. The molecule has 5 rings (SSSR count). The largest absolute Gasteiger partial charge is 0.349 e. The van der Waals surface area contributed by atoms with Crippen molar-refractivity contribution >= 4 is 39.7 Å². The molecule has 0 saturated carbocycles. The summed E-state index contributed by atoms with van der Waals surface area (Å²) in [6.45, 7) is 4.02. The molecule has 1 amide bonds. The number of anilines is 2. The van der Waals surface area contributed by atoms with Crippen LogP contribution in [0.1, 0.15) is 28.1 Å². The number of hydrogen-bond acceptors (Lipinski definition) is 5. The number of likely N-dealkylation sites (tertiary alicyclic amines) is 1. The highest BCUT2D eigenvalue weighted by Gasteiger charge is 2.24. The summed E-state index contributed by atoms with van der Waals surface area (Å²) >= 11 is 3.50. The molecule has 2 aliphatic heterocycles. The lowest BCUT2D eigenvalue weighted by Gasteiger charge is -2.32. The number of para-hydroxylation sites is 1. The Labute approximate surface area is 192 Å². The lowest BCUT2D eigenvalue weighted by molar-refractivity contribution is 0.0913. The summed E-state index contributed by atoms with van der Waals surface area (Å²) in [5, 5.41) is 4.43. The first-order valence-corrected chi connectivity index (χ1v) is 12.7. The van der Waals surface area contributed by atoms with Crippen molar-refractivity contribution in [3.05, 3.63) is 77.2 Å². The molecule has 1 fully saturated rings. The number of nitrogens with zero attached hydrogens (tertiary/aromatic N) is 2. The normalized spacial score (nSPS) is 17.4. The van der Waals surface area contributed by atoms with Gasteiger partial charge in [-0.15, -0.1) is 23.1 Å². The first-order valence-electron chi connectivity index (χ1n) is 10.9. The van der Waals surface area contributed by atoms with Crippen LogP contribution < -0.4 is 10.2 Å². The van der Waals surface area contributed by atoms with Crippen LogP contribution in [0.2, 0.25) is 0 Å². The predicted molar refractivity (Wildman–Crippen MR) is 131 cm³/mol. The Morgan fingerprint density at radius 1 is 0.935 bits per heavy atom. The fraction of sp³-hybridized carbons (Fsp3) is 0.320. The zero-order valence-electron chi connectivity index (χ0n) is 17.5. The monoisotopic (exact) mass is 449 g/mol. The zero-order chi connectivity index (χ0) is 21.0. The molecule has 4 nitrogen and oxygen atoms in total. The summed E-state index contributed by atoms with van der Waals surface area (Å²) in [6, 6.07) is 23.5. The van der Waals surface area contributed by atoms with Crippen molar-refractivity contribution < 1.29 is 4.79 Å². The average molecular weight is 450 g/mol. The fourth-order valence-corrected chi connectivity index (χ4v) is 6.27. The van der Waals surface area contributed by atoms with Crippen molar-refractivity contribution in [2.75, 3.05) is 30.3 Å². The topological polar surface area (TPSA) is 35.6 Å². The van der Waals surface area contributed by atoms with Crippen molar-refractivity contribution in [1.82, 2.24) is 10.2 Å². The Hall–Kier alpha value is -2.28. The molecular formula is C25H27N3OS2. The van der Waals surface area contributed by atoms with E-state index in [1.165, 1.54) is 16.1 Å². The molecule has 0 atom stereocenters. The summed E-state index contributed by atoms with van der Waals surface area (Å²) in [5.41, 5.74) is 2.60. The number of thioether (sulfide) groups is 1. The van der Waals surface area contributed by atoms with Crippen LogP contribution in [-0.4, -0.2) is 42.2 Å². The number of nitrogens with one attached hydrogen (secondary N) is 1. The number of hydrogen-bond donors (Lipinski definition) is 1. The minimum Gasteiger partial charge on any atom is -0.349 e. The van der Waals surface area contributed by atoms with E-state index in [2.05, 4.69) is 75.8 Å². The highest BCUT2D eigenvalue weighted by molar-refractivity contribution is 7.99. The number of piperidine rings is 1. The van der Waals surface area contributed by atoms with Crippen molar-refractivity contribution in [3.63, 3.8) is 0 Å². The van der Waals surface area contributed by atoms with Gasteiger partial charge in [0.2, 0.25) is 0 Å². The van der Waals surface area contributed by atoms with E-state index in [1.807, 2.05) is 17.8 Å². The Bertz CT molecular complexity index is 1030. The molecule has 1 saturated heterocycles. The summed E-state index contributed by atoms with van der Waals surface area (Å²) in [6.07, 6.45) is 2.01. The standard InChI is InChI=1S/C25H27N3OS2/c29-25(26-20-12-14-27(15-13-20)18-19-6-2-1-3-7-19)23-10-11-24(31-23)28-16-17-30-22-9-5-4-8-21(22)28/h1-11,20H,12-18H2,(H,26,29). The van der Waals surface area contributed by atoms with Gasteiger partial charge in [-0.2, -0.15) is 0 Å². The second kappa shape index (κ2) is 9.47. The van der Waals surface area contributed by atoms with E-state index in [1.54, 1.807) is 11.3 Å². The summed E-state index contributed by atoms with van der Waals surface area (Å²) in [7, 11) is 0. The van der Waals surface area contributed by atoms with Crippen LogP contribution in [-0.2, 0) is 6.54 Å². The third kappa shape index (κ3) is 4.81. The lowest BCUT2D eigenvalue weighted by Crippen LogP contribution is -2.44. The Morgan fingerprint density at radius 3 is 2.55 bits per heavy atom. The maximum Gasteiger partial charge on any atom is 0.261 e. The second-order valence-corrected chi connectivity index (χ2v) is 10.3. The van der Waals surface area contributed by atoms with Crippen molar-refractivity contribution in [3.8, 4) is 0 Å². The van der Waals surface area contributed by atoms with Crippen molar-refractivity contribution in [2.24, 2.45) is 0 Å². The molecule has 0 bridgehead atoms. The number of rotatable bonds is 5. The summed E-state index contributed by atoms with van der Waals surface area (Å²) < 4.78 is 0. The molecule has 0 aliphatic carbocycles. The quantitative estimate of drug-likeness (QED) is 0.567. The molecular weight excluding hydrogens is 422 g/mol. The van der Waals surface area contributed by atoms with Crippen LogP contribution in [0.25, 0.3) is 0 Å². The van der Waals surface area contributed by atoms with Crippen LogP contribution in [0, 0.1) is 0 Å². The van der Waals surface area contributed by atoms with Crippen LogP contribution in [0.4, 0.5) is 10.7 Å². The van der Waals surface area contributed by atoms with Gasteiger partial charge in [-0.1, -0.05) is 42.5 Å². The third-order valence-corrected chi connectivity index (χ3v) is 8.13. The smallest absolute Gasteiger partial charge is 0.261 e. The van der Waals surface area contributed by atoms with Gasteiger partial charge in [0.1, 0.15) is 0 Å². The molecule has 2 aliphatic rings. The van der Waals surface area contributed by atoms with E-state index in [9.17, 15) is 4.79 Å². The Kier molecular flexibility index (Phi) is 6.30. The van der Waals surface area contributed by atoms with Gasteiger partial charge in [0.05, 0.1) is 15.6 Å². The van der Waals surface area contributed by atoms with Crippen LogP contribution in [0.15, 0.2) is 71.6 Å². The van der Waals surface area contributed by atoms with E-state index in [-0.39, 0.29) is 11.9 Å². The van der Waals surface area contributed by atoms with Gasteiger partial charge in [0.25, 0.3) is 5.91 Å². The van der Waals surface area contributed by atoms with Gasteiger partial charge >= 0.3 is 0 Å². The number of carbonyl (C=O) groups excluding carboxylic acids is 1. The average Bonchev–Trinajstić information content (AvgIpc) is 3.31. The number of fused-ring (bicyclic) bond motifs is 1. The van der Waals surface area contributed by atoms with Gasteiger partial charge in [0, 0.05) is 42.9 Å². The molecule has 0 radical (unpaired) electrons. The third-order valence-electron chi connectivity index (χ3n) is 5.98. The van der Waals surface area contributed by atoms with Gasteiger partial charge in [-0.25, -0.2) is 0 Å². The second-order valence-electron chi connectivity index (χ2n) is 8.12. The number of thiophene rings is 1. The van der Waals surface area contributed by atoms with E-state index in [0.717, 1.165) is 54.7 Å². The predicted octanol–water partition coefficient (Wildman–Crippen LogP) is 5.39. The molecule has 6 heteroatoms. The van der Waals surface area contributed by atoms with E-state index in [4.69, 9.17) is 0 Å². The maximum atomic E-state index is 12.9. The van der Waals surface area contributed by atoms with E-state index < -0.39 is 0 Å². The SMILES string of the molecule is O=C(NC1CCN(Cc2ccccc2)CC1)c1ccc(N2CCSc3ccccc32)s1. The minimum absolute atomic E-state index is 0.0671. The molecule has 0 unspecified atom stereocenters. The number of amides is 1. The van der Waals surface area contributed by atoms with Gasteiger partial charge < -0.3 is 10.2 Å². The molecule has 3 heterocycles. The Balaban J connectivity index is 1.17. The van der Waals surface area contributed by atoms with Gasteiger partial charge in [-0.3, -0.25) is 9.69 Å². The molecule has 1 N–H and O–H groups in total. The molecule has 3 aromatic rings. The summed E-state index contributed by atoms with van der Waals surface area (Å²) in [5.74, 6) is 1.13. The molecule has 0 spiro atoms. The van der Waals surface area contributed by atoms with Crippen LogP contribution in [0.3, 0.4) is 0 Å². The summed E-state index contributed by atoms with van der Waals surface area (Å²) in [4.78, 5) is 19.8. The highest BCUT2D eigenvalue weighted by atomic mass is 32.2. The molecule has 2 aromatic carbocycles. The van der Waals surface area contributed by atoms with E-state index >= 15 is 0 Å². The lowest BCUT2D eigenvalue weighted by atomic mass is 10.0. The van der Waals surface area contributed by atoms with Crippen molar-refractivity contribution in [2.45, 2.75) is 30.3 Å². The Morgan fingerprint density at radius 2 is 1.71 bits per heavy atom. The van der Waals surface area contributed by atoms with E-state index in [0.29, 0.717) is 0 Å². The number of benzene rings is 2. The highest BCUT2D eigenvalue weighted by Crippen LogP contribution is 2.41. The van der Waals surface area contributed by atoms with Gasteiger partial charge in [-0.05, 0) is 42.7 Å². The first-order chi connectivity index (χ1) is 15.3. The number of carbonyl (C=O) groups is 1. The van der Waals surface area contributed by atoms with Crippen LogP contribution in [0.5, 0.6) is 0 Å². The first kappa shape index (κ1) is 20.6. The molecule has 160 valence electrons. The molecule has 31 heavy (non-hydrogen) atoms. The fourth-order valence-electron chi connectivity index (χ4n) is 4.33. The van der Waals surface area contributed by atoms with Crippen molar-refractivity contribution in [1.29, 1.82) is 0 Å². The van der Waals surface area contributed by atoms with Gasteiger partial charge in [0.15, 0.2) is 0 Å².